The molecule has 2 rings (SSSR count). The third-order valence-corrected chi connectivity index (χ3v) is 2.93. The van der Waals surface area contributed by atoms with Crippen molar-refractivity contribution < 1.29 is 4.92 Å². The van der Waals surface area contributed by atoms with Crippen LogP contribution in [0.2, 0.25) is 0 Å². The molecule has 0 saturated carbocycles. The van der Waals surface area contributed by atoms with Gasteiger partial charge in [-0.15, -0.1) is 0 Å². The second-order valence-corrected chi connectivity index (χ2v) is 4.29. The van der Waals surface area contributed by atoms with E-state index in [1.807, 2.05) is 13.1 Å². The highest BCUT2D eigenvalue weighted by Gasteiger charge is 2.09. The molecular formula is C12H16N6O2. The fourth-order valence-corrected chi connectivity index (χ4v) is 1.88. The molecule has 20 heavy (non-hydrogen) atoms. The van der Waals surface area contributed by atoms with Crippen LogP contribution in [0.15, 0.2) is 30.5 Å². The molecule has 8 heteroatoms. The molecule has 0 bridgehead atoms. The lowest BCUT2D eigenvalue weighted by Crippen LogP contribution is -2.10. The lowest BCUT2D eigenvalue weighted by Gasteiger charge is -2.08. The molecule has 1 aromatic carbocycles. The maximum atomic E-state index is 10.8. The van der Waals surface area contributed by atoms with E-state index in [0.29, 0.717) is 17.9 Å². The van der Waals surface area contributed by atoms with Crippen LogP contribution in [-0.4, -0.2) is 21.2 Å². The standard InChI is InChI=1S/C12H16N6O2/c1-17-11(3-5-15-17)2-4-14-9-6-10(16-13)8-12(7-9)18(19)20/h3,5-8,14,16H,2,4,13H2,1H3. The summed E-state index contributed by atoms with van der Waals surface area (Å²) in [6, 6.07) is 6.51. The fraction of sp³-hybridized carbons (Fsp3) is 0.250. The number of hydrazine groups is 1. The van der Waals surface area contributed by atoms with Crippen molar-refractivity contribution in [2.24, 2.45) is 12.9 Å². The topological polar surface area (TPSA) is 111 Å². The monoisotopic (exact) mass is 276 g/mol. The van der Waals surface area contributed by atoms with Crippen molar-refractivity contribution in [2.45, 2.75) is 6.42 Å². The Morgan fingerprint density at radius 2 is 2.15 bits per heavy atom. The summed E-state index contributed by atoms with van der Waals surface area (Å²) in [5.41, 5.74) is 4.63. The summed E-state index contributed by atoms with van der Waals surface area (Å²) in [6.07, 6.45) is 2.50. The SMILES string of the molecule is Cn1nccc1CCNc1cc(NN)cc([N+](=O)[O-])c1. The Morgan fingerprint density at radius 3 is 2.75 bits per heavy atom. The first-order valence-corrected chi connectivity index (χ1v) is 6.07. The number of benzene rings is 1. The van der Waals surface area contributed by atoms with Crippen LogP contribution in [0.4, 0.5) is 17.1 Å². The van der Waals surface area contributed by atoms with E-state index in [2.05, 4.69) is 15.8 Å². The maximum Gasteiger partial charge on any atom is 0.273 e. The van der Waals surface area contributed by atoms with Crippen molar-refractivity contribution in [1.29, 1.82) is 0 Å². The van der Waals surface area contributed by atoms with Crippen molar-refractivity contribution in [3.63, 3.8) is 0 Å². The number of anilines is 2. The van der Waals surface area contributed by atoms with Crippen LogP contribution in [0.3, 0.4) is 0 Å². The highest BCUT2D eigenvalue weighted by atomic mass is 16.6. The van der Waals surface area contributed by atoms with Gasteiger partial charge in [-0.05, 0) is 12.1 Å². The Hall–Kier alpha value is -2.61. The molecular weight excluding hydrogens is 260 g/mol. The minimum absolute atomic E-state index is 0.0107. The maximum absolute atomic E-state index is 10.8. The minimum atomic E-state index is -0.451. The number of hydrogen-bond donors (Lipinski definition) is 3. The van der Waals surface area contributed by atoms with Crippen LogP contribution in [0.25, 0.3) is 0 Å². The summed E-state index contributed by atoms with van der Waals surface area (Å²) in [4.78, 5) is 10.4. The van der Waals surface area contributed by atoms with Gasteiger partial charge in [-0.3, -0.25) is 20.6 Å². The number of nitrogens with zero attached hydrogens (tertiary/aromatic N) is 3. The lowest BCUT2D eigenvalue weighted by atomic mass is 10.2. The molecule has 0 fully saturated rings. The number of aromatic nitrogens is 2. The molecule has 0 aliphatic rings. The molecule has 0 amide bonds. The molecule has 0 unspecified atom stereocenters. The first-order chi connectivity index (χ1) is 9.60. The summed E-state index contributed by atoms with van der Waals surface area (Å²) < 4.78 is 1.79. The molecule has 1 heterocycles. The predicted molar refractivity (Wildman–Crippen MR) is 76.3 cm³/mol. The number of aryl methyl sites for hydroxylation is 1. The second-order valence-electron chi connectivity index (χ2n) is 4.29. The smallest absolute Gasteiger partial charge is 0.273 e. The van der Waals surface area contributed by atoms with Crippen LogP contribution < -0.4 is 16.6 Å². The van der Waals surface area contributed by atoms with Crippen molar-refractivity contribution in [2.75, 3.05) is 17.3 Å². The quantitative estimate of drug-likeness (QED) is 0.416. The molecule has 1 aromatic heterocycles. The Balaban J connectivity index is 2.03. The molecule has 4 N–H and O–H groups in total. The average Bonchev–Trinajstić information content (AvgIpc) is 2.84. The van der Waals surface area contributed by atoms with E-state index in [9.17, 15) is 10.1 Å². The second kappa shape index (κ2) is 6.02. The molecule has 0 aliphatic heterocycles. The lowest BCUT2D eigenvalue weighted by molar-refractivity contribution is -0.384. The molecule has 8 nitrogen and oxygen atoms in total. The van der Waals surface area contributed by atoms with Gasteiger partial charge >= 0.3 is 0 Å². The van der Waals surface area contributed by atoms with Crippen molar-refractivity contribution in [3.8, 4) is 0 Å². The number of non-ortho nitro benzene ring substituents is 1. The van der Waals surface area contributed by atoms with Gasteiger partial charge in [-0.1, -0.05) is 0 Å². The van der Waals surface area contributed by atoms with Crippen LogP contribution in [-0.2, 0) is 13.5 Å². The minimum Gasteiger partial charge on any atom is -0.384 e. The van der Waals surface area contributed by atoms with E-state index in [0.717, 1.165) is 12.1 Å². The van der Waals surface area contributed by atoms with E-state index in [4.69, 9.17) is 5.84 Å². The van der Waals surface area contributed by atoms with Crippen LogP contribution in [0.1, 0.15) is 5.69 Å². The largest absolute Gasteiger partial charge is 0.384 e. The van der Waals surface area contributed by atoms with Gasteiger partial charge < -0.3 is 10.7 Å². The number of nitrogens with two attached hydrogens (primary N) is 1. The summed E-state index contributed by atoms with van der Waals surface area (Å²) in [7, 11) is 1.87. The van der Waals surface area contributed by atoms with Crippen LogP contribution in [0, 0.1) is 10.1 Å². The van der Waals surface area contributed by atoms with E-state index < -0.39 is 4.92 Å². The average molecular weight is 276 g/mol. The van der Waals surface area contributed by atoms with Crippen molar-refractivity contribution in [3.05, 3.63) is 46.3 Å². The summed E-state index contributed by atoms with van der Waals surface area (Å²) in [5.74, 6) is 5.30. The zero-order chi connectivity index (χ0) is 14.5. The highest BCUT2D eigenvalue weighted by Crippen LogP contribution is 2.23. The number of hydrogen-bond acceptors (Lipinski definition) is 6. The van der Waals surface area contributed by atoms with Crippen LogP contribution >= 0.6 is 0 Å². The summed E-state index contributed by atoms with van der Waals surface area (Å²) in [6.45, 7) is 0.644. The fourth-order valence-electron chi connectivity index (χ4n) is 1.88. The molecule has 0 saturated heterocycles. The van der Waals surface area contributed by atoms with E-state index in [1.54, 1.807) is 16.9 Å². The van der Waals surface area contributed by atoms with Gasteiger partial charge in [0.05, 0.1) is 10.6 Å². The molecule has 0 aliphatic carbocycles. The van der Waals surface area contributed by atoms with Crippen LogP contribution in [0.5, 0.6) is 0 Å². The first kappa shape index (κ1) is 13.8. The predicted octanol–water partition coefficient (Wildman–Crippen LogP) is 1.27. The number of nitrogens with one attached hydrogen (secondary N) is 2. The van der Waals surface area contributed by atoms with Gasteiger partial charge in [-0.2, -0.15) is 5.10 Å². The normalized spacial score (nSPS) is 10.3. The van der Waals surface area contributed by atoms with Crippen molar-refractivity contribution >= 4 is 17.1 Å². The molecule has 2 aromatic rings. The van der Waals surface area contributed by atoms with E-state index >= 15 is 0 Å². The van der Waals surface area contributed by atoms with E-state index in [1.165, 1.54) is 12.1 Å². The Bertz CT molecular complexity index is 610. The Kier molecular flexibility index (Phi) is 4.16. The molecule has 0 spiro atoms. The Morgan fingerprint density at radius 1 is 1.40 bits per heavy atom. The number of nitrogen functional groups attached to an aromatic ring is 1. The van der Waals surface area contributed by atoms with Gasteiger partial charge in [0.1, 0.15) is 0 Å². The molecule has 106 valence electrons. The van der Waals surface area contributed by atoms with Gasteiger partial charge in [0.2, 0.25) is 0 Å². The molecule has 0 radical (unpaired) electrons. The number of nitro benzene ring substituents is 1. The number of nitro groups is 1. The summed E-state index contributed by atoms with van der Waals surface area (Å²) in [5, 5.41) is 18.0. The van der Waals surface area contributed by atoms with Gasteiger partial charge in [0.15, 0.2) is 0 Å². The van der Waals surface area contributed by atoms with Gasteiger partial charge in [-0.25, -0.2) is 0 Å². The molecule has 0 atom stereocenters. The number of rotatable bonds is 6. The summed E-state index contributed by atoms with van der Waals surface area (Å²) >= 11 is 0. The zero-order valence-corrected chi connectivity index (χ0v) is 11.0. The third-order valence-electron chi connectivity index (χ3n) is 2.93. The van der Waals surface area contributed by atoms with E-state index in [-0.39, 0.29) is 5.69 Å². The third kappa shape index (κ3) is 3.23. The first-order valence-electron chi connectivity index (χ1n) is 6.07. The Labute approximate surface area is 115 Å². The zero-order valence-electron chi connectivity index (χ0n) is 11.0. The van der Waals surface area contributed by atoms with Gasteiger partial charge in [0.25, 0.3) is 5.69 Å². The highest BCUT2D eigenvalue weighted by molar-refractivity contribution is 5.63. The van der Waals surface area contributed by atoms with Crippen molar-refractivity contribution in [1.82, 2.24) is 9.78 Å². The van der Waals surface area contributed by atoms with Gasteiger partial charge in [0, 0.05) is 49.7 Å².